The van der Waals surface area contributed by atoms with Crippen LogP contribution in [0.2, 0.25) is 0 Å². The molecule has 0 aromatic carbocycles. The summed E-state index contributed by atoms with van der Waals surface area (Å²) in [7, 11) is -5.96. The zero-order valence-corrected chi connectivity index (χ0v) is 15.5. The molecule has 0 spiro atoms. The molecule has 9 heteroatoms. The van der Waals surface area contributed by atoms with Crippen molar-refractivity contribution < 1.29 is 35.7 Å². The van der Waals surface area contributed by atoms with Gasteiger partial charge in [0.25, 0.3) is 6.36 Å². The van der Waals surface area contributed by atoms with Crippen molar-refractivity contribution in [3.05, 3.63) is 0 Å². The highest BCUT2D eigenvalue weighted by atomic mass is 32.2. The minimum atomic E-state index is -5.96. The number of Topliss-reactive ketones (excluding diaryl/α,β-unsaturated/α-hetero) is 1. The second kappa shape index (κ2) is 5.48. The molecule has 5 nitrogen and oxygen atoms in total. The Labute approximate surface area is 155 Å². The van der Waals surface area contributed by atoms with Crippen molar-refractivity contribution >= 4 is 15.9 Å². The van der Waals surface area contributed by atoms with Crippen molar-refractivity contribution in [1.82, 2.24) is 0 Å². The summed E-state index contributed by atoms with van der Waals surface area (Å²) in [5.74, 6) is 2.86. The quantitative estimate of drug-likeness (QED) is 0.684. The number of hydrogen-bond acceptors (Lipinski definition) is 4. The molecule has 152 valence electrons. The van der Waals surface area contributed by atoms with E-state index in [2.05, 4.69) is 4.74 Å². The molecule has 7 fully saturated rings. The van der Waals surface area contributed by atoms with Crippen LogP contribution < -0.4 is 0 Å². The van der Waals surface area contributed by atoms with Gasteiger partial charge >= 0.3 is 15.4 Å². The maximum Gasteiger partial charge on any atom is 0.423 e. The maximum atomic E-state index is 13.7. The van der Waals surface area contributed by atoms with Gasteiger partial charge in [-0.25, -0.2) is 4.39 Å². The Balaban J connectivity index is 1.38. The van der Waals surface area contributed by atoms with Crippen LogP contribution in [0.5, 0.6) is 0 Å². The molecule has 0 saturated heterocycles. The van der Waals surface area contributed by atoms with E-state index < -0.39 is 33.8 Å². The molecule has 8 bridgehead atoms. The van der Waals surface area contributed by atoms with Crippen LogP contribution in [-0.2, 0) is 19.6 Å². The van der Waals surface area contributed by atoms with Gasteiger partial charge < -0.3 is 4.74 Å². The van der Waals surface area contributed by atoms with Crippen LogP contribution in [0.4, 0.5) is 13.2 Å². The van der Waals surface area contributed by atoms with Crippen molar-refractivity contribution in [1.29, 1.82) is 0 Å². The van der Waals surface area contributed by atoms with Gasteiger partial charge in [0, 0.05) is 5.41 Å². The Hall–Kier alpha value is -0.670. The average molecular weight is 408 g/mol. The number of ketones is 1. The molecular formula is C18H23F3O5S. The molecule has 7 rings (SSSR count). The summed E-state index contributed by atoms with van der Waals surface area (Å²) < 4.78 is 74.7. The van der Waals surface area contributed by atoms with Crippen LogP contribution in [0.1, 0.15) is 38.5 Å². The van der Waals surface area contributed by atoms with E-state index in [-0.39, 0.29) is 17.6 Å². The van der Waals surface area contributed by atoms with Crippen LogP contribution in [-0.4, -0.2) is 37.0 Å². The van der Waals surface area contributed by atoms with Crippen molar-refractivity contribution in [2.45, 2.75) is 50.1 Å². The third-order valence-electron chi connectivity index (χ3n) is 8.56. The molecule has 1 N–H and O–H groups in total. The van der Waals surface area contributed by atoms with Gasteiger partial charge in [0.05, 0.1) is 0 Å². The fourth-order valence-electron chi connectivity index (χ4n) is 7.98. The molecule has 5 unspecified atom stereocenters. The first-order valence-electron chi connectivity index (χ1n) is 9.69. The van der Waals surface area contributed by atoms with E-state index in [1.807, 2.05) is 0 Å². The maximum absolute atomic E-state index is 13.7. The Kier molecular flexibility index (Phi) is 3.72. The first kappa shape index (κ1) is 18.4. The second-order valence-electron chi connectivity index (χ2n) is 9.45. The summed E-state index contributed by atoms with van der Waals surface area (Å²) in [6.07, 6.45) is 2.61. The highest BCUT2D eigenvalue weighted by Gasteiger charge is 2.72. The standard InChI is InChI=1S/C18H23F3O5S/c19-16(18(20,21)27(23,24)25)26-7-15(22)17-6-9-2-11-10-1-8(4-13(11)17)5-14(17)12(10)3-9/h8-14,16H,1-7H2,(H,23,24,25). The van der Waals surface area contributed by atoms with Crippen molar-refractivity contribution in [3.8, 4) is 0 Å². The van der Waals surface area contributed by atoms with Gasteiger partial charge in [-0.3, -0.25) is 9.35 Å². The van der Waals surface area contributed by atoms with Gasteiger partial charge in [-0.2, -0.15) is 17.2 Å². The van der Waals surface area contributed by atoms with E-state index in [0.29, 0.717) is 29.6 Å². The average Bonchev–Trinajstić information content (AvgIpc) is 2.61. The lowest BCUT2D eigenvalue weighted by Crippen LogP contribution is -2.70. The number of halogens is 3. The van der Waals surface area contributed by atoms with Gasteiger partial charge in [-0.1, -0.05) is 0 Å². The third-order valence-corrected chi connectivity index (χ3v) is 9.44. The number of ether oxygens (including phenoxy) is 1. The number of rotatable bonds is 6. The molecule has 7 saturated carbocycles. The van der Waals surface area contributed by atoms with Crippen LogP contribution in [0, 0.1) is 46.8 Å². The topological polar surface area (TPSA) is 80.7 Å². The number of hydrogen-bond donors (Lipinski definition) is 1. The van der Waals surface area contributed by atoms with Gasteiger partial charge in [0.1, 0.15) is 6.61 Å². The van der Waals surface area contributed by atoms with Gasteiger partial charge in [-0.15, -0.1) is 0 Å². The number of alkyl halides is 3. The van der Waals surface area contributed by atoms with Crippen molar-refractivity contribution in [2.24, 2.45) is 46.8 Å². The Morgan fingerprint density at radius 2 is 1.63 bits per heavy atom. The molecule has 27 heavy (non-hydrogen) atoms. The summed E-state index contributed by atoms with van der Waals surface area (Å²) in [4.78, 5) is 13.2. The minimum Gasteiger partial charge on any atom is -0.335 e. The van der Waals surface area contributed by atoms with E-state index >= 15 is 0 Å². The Morgan fingerprint density at radius 1 is 1.07 bits per heavy atom. The minimum absolute atomic E-state index is 0.226. The zero-order valence-electron chi connectivity index (χ0n) is 14.7. The summed E-state index contributed by atoms with van der Waals surface area (Å²) in [6.45, 7) is -0.874. The van der Waals surface area contributed by atoms with E-state index in [1.165, 1.54) is 6.42 Å². The molecule has 0 aromatic heterocycles. The van der Waals surface area contributed by atoms with E-state index in [4.69, 9.17) is 4.55 Å². The van der Waals surface area contributed by atoms with Crippen molar-refractivity contribution in [3.63, 3.8) is 0 Å². The zero-order chi connectivity index (χ0) is 19.4. The Bertz CT molecular complexity index is 760. The lowest BCUT2D eigenvalue weighted by Gasteiger charge is -2.73. The highest BCUT2D eigenvalue weighted by Crippen LogP contribution is 2.76. The van der Waals surface area contributed by atoms with Gasteiger partial charge in [0.15, 0.2) is 5.78 Å². The van der Waals surface area contributed by atoms with Crippen LogP contribution in [0.25, 0.3) is 0 Å². The molecule has 5 atom stereocenters. The molecule has 0 amide bonds. The lowest BCUT2D eigenvalue weighted by atomic mass is 9.30. The smallest absolute Gasteiger partial charge is 0.335 e. The first-order valence-corrected chi connectivity index (χ1v) is 11.1. The number of carbonyl (C=O) groups excluding carboxylic acids is 1. The summed E-state index contributed by atoms with van der Waals surface area (Å²) in [5.41, 5.74) is -0.614. The fourth-order valence-corrected chi connectivity index (χ4v) is 8.28. The van der Waals surface area contributed by atoms with Gasteiger partial charge in [0.2, 0.25) is 0 Å². The largest absolute Gasteiger partial charge is 0.423 e. The van der Waals surface area contributed by atoms with E-state index in [1.54, 1.807) is 0 Å². The molecule has 0 heterocycles. The first-order chi connectivity index (χ1) is 12.6. The number of carbonyl (C=O) groups is 1. The molecule has 0 aliphatic heterocycles. The monoisotopic (exact) mass is 408 g/mol. The predicted molar refractivity (Wildman–Crippen MR) is 86.9 cm³/mol. The Morgan fingerprint density at radius 3 is 2.19 bits per heavy atom. The third kappa shape index (κ3) is 2.25. The molecule has 0 radical (unpaired) electrons. The van der Waals surface area contributed by atoms with Gasteiger partial charge in [-0.05, 0) is 80.0 Å². The molecular weight excluding hydrogens is 385 g/mol. The second-order valence-corrected chi connectivity index (χ2v) is 10.9. The normalized spacial score (nSPS) is 48.2. The SMILES string of the molecule is O=C(COC(F)C(F)(F)S(=O)(=O)O)C12CC3CC4C5CC(CC41)CC2C5C3. The van der Waals surface area contributed by atoms with Crippen LogP contribution >= 0.6 is 0 Å². The predicted octanol–water partition coefficient (Wildman–Crippen LogP) is 3.06. The fraction of sp³-hybridized carbons (Fsp3) is 0.944. The van der Waals surface area contributed by atoms with Crippen LogP contribution in [0.3, 0.4) is 0 Å². The highest BCUT2D eigenvalue weighted by molar-refractivity contribution is 7.86. The molecule has 7 aliphatic rings. The summed E-state index contributed by atoms with van der Waals surface area (Å²) in [5, 5.41) is -5.09. The van der Waals surface area contributed by atoms with Crippen molar-refractivity contribution in [2.75, 3.05) is 6.61 Å². The summed E-state index contributed by atoms with van der Waals surface area (Å²) >= 11 is 0. The lowest BCUT2D eigenvalue weighted by molar-refractivity contribution is -0.251. The van der Waals surface area contributed by atoms with Crippen LogP contribution in [0.15, 0.2) is 0 Å². The summed E-state index contributed by atoms with van der Waals surface area (Å²) in [6, 6.07) is 0. The molecule has 7 aliphatic carbocycles. The van der Waals surface area contributed by atoms with E-state index in [9.17, 15) is 26.4 Å². The molecule has 0 aromatic rings. The van der Waals surface area contributed by atoms with E-state index in [0.717, 1.165) is 32.1 Å².